The number of benzene rings is 1. The molecule has 0 bridgehead atoms. The first-order valence-electron chi connectivity index (χ1n) is 8.51. The third kappa shape index (κ3) is 5.63. The highest BCUT2D eigenvalue weighted by molar-refractivity contribution is 5.93. The van der Waals surface area contributed by atoms with E-state index in [-0.39, 0.29) is 24.1 Å². The first-order valence-corrected chi connectivity index (χ1v) is 8.51. The molecule has 2 N–H and O–H groups in total. The van der Waals surface area contributed by atoms with Crippen LogP contribution in [0.2, 0.25) is 0 Å². The van der Waals surface area contributed by atoms with Gasteiger partial charge in [-0.3, -0.25) is 4.90 Å². The molecule has 0 radical (unpaired) electrons. The SMILES string of the molecule is CC(C)(C)CN(CCCO)C(=O)Nc1cccc(N2CCOC2=O)c1. The van der Waals surface area contributed by atoms with Crippen LogP contribution in [0.15, 0.2) is 24.3 Å². The Morgan fingerprint density at radius 1 is 1.40 bits per heavy atom. The summed E-state index contributed by atoms with van der Waals surface area (Å²) in [7, 11) is 0. The Kier molecular flexibility index (Phi) is 6.25. The molecule has 0 aromatic heterocycles. The van der Waals surface area contributed by atoms with Crippen molar-refractivity contribution in [1.29, 1.82) is 0 Å². The maximum Gasteiger partial charge on any atom is 0.414 e. The minimum atomic E-state index is -0.374. The summed E-state index contributed by atoms with van der Waals surface area (Å²) in [6.45, 7) is 8.16. The second kappa shape index (κ2) is 8.20. The number of hydrogen-bond acceptors (Lipinski definition) is 4. The first-order chi connectivity index (χ1) is 11.8. The Labute approximate surface area is 148 Å². The highest BCUT2D eigenvalue weighted by Gasteiger charge is 2.24. The zero-order chi connectivity index (χ0) is 18.4. The number of aliphatic hydroxyl groups is 1. The molecule has 25 heavy (non-hydrogen) atoms. The lowest BCUT2D eigenvalue weighted by Crippen LogP contribution is -2.41. The number of rotatable bonds is 6. The number of anilines is 2. The van der Waals surface area contributed by atoms with Crippen LogP contribution in [0.1, 0.15) is 27.2 Å². The number of nitrogens with one attached hydrogen (secondary N) is 1. The molecule has 0 saturated carbocycles. The summed E-state index contributed by atoms with van der Waals surface area (Å²) in [6, 6.07) is 6.92. The van der Waals surface area contributed by atoms with E-state index in [4.69, 9.17) is 9.84 Å². The number of cyclic esters (lactones) is 1. The van der Waals surface area contributed by atoms with Gasteiger partial charge < -0.3 is 20.1 Å². The number of hydrogen-bond donors (Lipinski definition) is 2. The van der Waals surface area contributed by atoms with Crippen molar-refractivity contribution in [2.75, 3.05) is 43.1 Å². The standard InChI is InChI=1S/C18H27N3O4/c1-18(2,3)13-20(8-5-10-22)16(23)19-14-6-4-7-15(12-14)21-9-11-25-17(21)24/h4,6-7,12,22H,5,8-11,13H2,1-3H3,(H,19,23). The summed E-state index contributed by atoms with van der Waals surface area (Å²) < 4.78 is 4.95. The average molecular weight is 349 g/mol. The van der Waals surface area contributed by atoms with Gasteiger partial charge in [0.25, 0.3) is 0 Å². The van der Waals surface area contributed by atoms with Crippen LogP contribution in [0.3, 0.4) is 0 Å². The van der Waals surface area contributed by atoms with Gasteiger partial charge in [-0.2, -0.15) is 0 Å². The van der Waals surface area contributed by atoms with E-state index in [9.17, 15) is 9.59 Å². The van der Waals surface area contributed by atoms with Gasteiger partial charge in [-0.05, 0) is 30.0 Å². The van der Waals surface area contributed by atoms with Gasteiger partial charge in [-0.1, -0.05) is 26.8 Å². The summed E-state index contributed by atoms with van der Waals surface area (Å²) >= 11 is 0. The lowest BCUT2D eigenvalue weighted by Gasteiger charge is -2.30. The molecule has 7 nitrogen and oxygen atoms in total. The van der Waals surface area contributed by atoms with Crippen molar-refractivity contribution in [3.8, 4) is 0 Å². The van der Waals surface area contributed by atoms with E-state index in [0.29, 0.717) is 44.0 Å². The van der Waals surface area contributed by atoms with Gasteiger partial charge in [0.1, 0.15) is 6.61 Å². The van der Waals surface area contributed by atoms with E-state index in [1.807, 2.05) is 0 Å². The minimum Gasteiger partial charge on any atom is -0.447 e. The molecule has 0 aliphatic carbocycles. The Morgan fingerprint density at radius 3 is 2.76 bits per heavy atom. The topological polar surface area (TPSA) is 82.1 Å². The number of carbonyl (C=O) groups is 2. The number of amides is 3. The summed E-state index contributed by atoms with van der Waals surface area (Å²) in [5.41, 5.74) is 1.26. The predicted molar refractivity (Wildman–Crippen MR) is 96.9 cm³/mol. The number of nitrogens with zero attached hydrogens (tertiary/aromatic N) is 2. The molecule has 7 heteroatoms. The van der Waals surface area contributed by atoms with Crippen LogP contribution in [0.4, 0.5) is 21.0 Å². The fourth-order valence-corrected chi connectivity index (χ4v) is 2.67. The van der Waals surface area contributed by atoms with Gasteiger partial charge >= 0.3 is 12.1 Å². The van der Waals surface area contributed by atoms with E-state index >= 15 is 0 Å². The number of aliphatic hydroxyl groups excluding tert-OH is 1. The maximum absolute atomic E-state index is 12.6. The summed E-state index contributed by atoms with van der Waals surface area (Å²) in [6.07, 6.45) is 0.157. The van der Waals surface area contributed by atoms with E-state index in [1.54, 1.807) is 29.2 Å². The van der Waals surface area contributed by atoms with Crippen molar-refractivity contribution in [2.45, 2.75) is 27.2 Å². The van der Waals surface area contributed by atoms with Gasteiger partial charge in [-0.15, -0.1) is 0 Å². The van der Waals surface area contributed by atoms with E-state index in [0.717, 1.165) is 0 Å². The smallest absolute Gasteiger partial charge is 0.414 e. The molecule has 1 heterocycles. The molecule has 0 unspecified atom stereocenters. The van der Waals surface area contributed by atoms with Crippen molar-refractivity contribution in [3.63, 3.8) is 0 Å². The molecule has 1 aliphatic heterocycles. The second-order valence-corrected chi connectivity index (χ2v) is 7.31. The monoisotopic (exact) mass is 349 g/mol. The first kappa shape index (κ1) is 19.1. The van der Waals surface area contributed by atoms with Crippen molar-refractivity contribution < 1.29 is 19.4 Å². The Bertz CT molecular complexity index is 613. The fraction of sp³-hybridized carbons (Fsp3) is 0.556. The predicted octanol–water partition coefficient (Wildman–Crippen LogP) is 2.91. The molecule has 1 aromatic carbocycles. The summed E-state index contributed by atoms with van der Waals surface area (Å²) in [5.74, 6) is 0. The van der Waals surface area contributed by atoms with E-state index in [1.165, 1.54) is 4.90 Å². The second-order valence-electron chi connectivity index (χ2n) is 7.31. The van der Waals surface area contributed by atoms with E-state index < -0.39 is 0 Å². The van der Waals surface area contributed by atoms with Crippen LogP contribution < -0.4 is 10.2 Å². The van der Waals surface area contributed by atoms with Crippen molar-refractivity contribution in [3.05, 3.63) is 24.3 Å². The molecule has 0 atom stereocenters. The third-order valence-electron chi connectivity index (χ3n) is 3.71. The molecule has 2 rings (SSSR count). The molecule has 0 spiro atoms. The van der Waals surface area contributed by atoms with Gasteiger partial charge in [0.15, 0.2) is 0 Å². The van der Waals surface area contributed by atoms with Crippen LogP contribution in [0.25, 0.3) is 0 Å². The number of urea groups is 1. The molecule has 3 amide bonds. The van der Waals surface area contributed by atoms with Crippen LogP contribution in [-0.4, -0.2) is 55.0 Å². The lowest BCUT2D eigenvalue weighted by atomic mass is 9.96. The van der Waals surface area contributed by atoms with Crippen LogP contribution in [0.5, 0.6) is 0 Å². The van der Waals surface area contributed by atoms with Gasteiger partial charge in [0, 0.05) is 31.1 Å². The van der Waals surface area contributed by atoms with Crippen LogP contribution in [-0.2, 0) is 4.74 Å². The van der Waals surface area contributed by atoms with E-state index in [2.05, 4.69) is 26.1 Å². The molecule has 1 aromatic rings. The zero-order valence-corrected chi connectivity index (χ0v) is 15.1. The normalized spacial score (nSPS) is 14.4. The van der Waals surface area contributed by atoms with Crippen molar-refractivity contribution in [2.24, 2.45) is 5.41 Å². The van der Waals surface area contributed by atoms with Gasteiger partial charge in [0.2, 0.25) is 0 Å². The van der Waals surface area contributed by atoms with Crippen molar-refractivity contribution >= 4 is 23.5 Å². The quantitative estimate of drug-likeness (QED) is 0.827. The average Bonchev–Trinajstić information content (AvgIpc) is 2.96. The van der Waals surface area contributed by atoms with Gasteiger partial charge in [-0.25, -0.2) is 9.59 Å². The third-order valence-corrected chi connectivity index (χ3v) is 3.71. The summed E-state index contributed by atoms with van der Waals surface area (Å²) in [5, 5.41) is 11.9. The molecule has 1 aliphatic rings. The number of carbonyl (C=O) groups excluding carboxylic acids is 2. The Morgan fingerprint density at radius 2 is 2.16 bits per heavy atom. The Hall–Kier alpha value is -2.28. The largest absolute Gasteiger partial charge is 0.447 e. The lowest BCUT2D eigenvalue weighted by molar-refractivity contribution is 0.176. The van der Waals surface area contributed by atoms with Crippen molar-refractivity contribution in [1.82, 2.24) is 4.90 Å². The molecular weight excluding hydrogens is 322 g/mol. The van der Waals surface area contributed by atoms with Crippen LogP contribution in [0, 0.1) is 5.41 Å². The highest BCUT2D eigenvalue weighted by Crippen LogP contribution is 2.23. The highest BCUT2D eigenvalue weighted by atomic mass is 16.6. The minimum absolute atomic E-state index is 0.0421. The summed E-state index contributed by atoms with van der Waals surface area (Å²) in [4.78, 5) is 27.5. The maximum atomic E-state index is 12.6. The molecule has 1 fully saturated rings. The van der Waals surface area contributed by atoms with Crippen LogP contribution >= 0.6 is 0 Å². The molecule has 1 saturated heterocycles. The fourth-order valence-electron chi connectivity index (χ4n) is 2.67. The van der Waals surface area contributed by atoms with Gasteiger partial charge in [0.05, 0.1) is 6.54 Å². The molecule has 138 valence electrons. The Balaban J connectivity index is 2.08. The number of ether oxygens (including phenoxy) is 1. The molecular formula is C18H27N3O4. The zero-order valence-electron chi connectivity index (χ0n) is 15.1.